The average molecular weight is 614 g/mol. The number of ether oxygens (including phenoxy) is 5. The van der Waals surface area contributed by atoms with Gasteiger partial charge in [-0.2, -0.15) is 5.10 Å². The van der Waals surface area contributed by atoms with E-state index in [1.54, 1.807) is 42.3 Å². The lowest BCUT2D eigenvalue weighted by Crippen LogP contribution is -2.46. The zero-order chi connectivity index (χ0) is 31.3. The van der Waals surface area contributed by atoms with Crippen LogP contribution in [0.15, 0.2) is 48.7 Å². The minimum Gasteiger partial charge on any atom is -0.493 e. The van der Waals surface area contributed by atoms with Gasteiger partial charge < -0.3 is 28.6 Å². The lowest BCUT2D eigenvalue weighted by atomic mass is 9.92. The number of benzene rings is 2. The Hall–Kier alpha value is -4.09. The number of aromatic nitrogens is 2. The quantitative estimate of drug-likeness (QED) is 0.280. The number of halogens is 1. The molecule has 0 saturated heterocycles. The van der Waals surface area contributed by atoms with Gasteiger partial charge in [-0.15, -0.1) is 0 Å². The number of carbonyl (C=O) groups excluding carboxylic acids is 3. The number of amides is 1. The van der Waals surface area contributed by atoms with Gasteiger partial charge in [-0.3, -0.25) is 14.3 Å². The fourth-order valence-electron chi connectivity index (χ4n) is 5.08. The van der Waals surface area contributed by atoms with Crippen LogP contribution in [0, 0.1) is 5.41 Å². The Kier molecular flexibility index (Phi) is 9.98. The summed E-state index contributed by atoms with van der Waals surface area (Å²) in [5.41, 5.74) is 1.52. The third-order valence-electron chi connectivity index (χ3n) is 7.09. The maximum atomic E-state index is 14.4. The topological polar surface area (TPSA) is 118 Å². The molecule has 11 nitrogen and oxygen atoms in total. The van der Waals surface area contributed by atoms with Crippen LogP contribution in [0.25, 0.3) is 0 Å². The average Bonchev–Trinajstić information content (AvgIpc) is 3.43. The summed E-state index contributed by atoms with van der Waals surface area (Å²) in [6.45, 7) is 5.67. The Bertz CT molecular complexity index is 1490. The molecule has 0 saturated carbocycles. The number of anilines is 1. The third-order valence-corrected chi connectivity index (χ3v) is 7.32. The minimum absolute atomic E-state index is 0.101. The Morgan fingerprint density at radius 1 is 1.07 bits per heavy atom. The van der Waals surface area contributed by atoms with E-state index in [1.165, 1.54) is 32.0 Å². The van der Waals surface area contributed by atoms with Crippen LogP contribution in [0.1, 0.15) is 54.9 Å². The summed E-state index contributed by atoms with van der Waals surface area (Å²) in [6.07, 6.45) is -0.0953. The van der Waals surface area contributed by atoms with Gasteiger partial charge in [0.2, 0.25) is 0 Å². The fraction of sp³-hybridized carbons (Fsp3) is 0.419. The molecular formula is C31H36ClN3O8. The number of esters is 2. The summed E-state index contributed by atoms with van der Waals surface area (Å²) in [5.74, 6) is -0.306. The molecule has 2 aromatic carbocycles. The second-order valence-electron chi connectivity index (χ2n) is 10.9. The molecule has 230 valence electrons. The Labute approximate surface area is 255 Å². The number of nitrogens with zero attached hydrogens (tertiary/aromatic N) is 3. The lowest BCUT2D eigenvalue weighted by molar-refractivity contribution is -0.143. The monoisotopic (exact) mass is 613 g/mol. The number of aryl methyl sites for hydroxylation is 1. The maximum absolute atomic E-state index is 14.4. The van der Waals surface area contributed by atoms with Gasteiger partial charge in [0.25, 0.3) is 5.91 Å². The molecule has 0 radical (unpaired) electrons. The number of carbonyl (C=O) groups is 3. The summed E-state index contributed by atoms with van der Waals surface area (Å²) < 4.78 is 29.7. The molecular weight excluding hydrogens is 578 g/mol. The van der Waals surface area contributed by atoms with Crippen molar-refractivity contribution in [3.05, 3.63) is 70.5 Å². The van der Waals surface area contributed by atoms with Gasteiger partial charge in [-0.1, -0.05) is 37.6 Å². The highest BCUT2D eigenvalue weighted by Gasteiger charge is 2.40. The summed E-state index contributed by atoms with van der Waals surface area (Å²) in [4.78, 5) is 39.9. The molecule has 1 aromatic heterocycles. The normalized spacial score (nSPS) is 16.7. The van der Waals surface area contributed by atoms with E-state index in [4.69, 9.17) is 35.3 Å². The summed E-state index contributed by atoms with van der Waals surface area (Å²) in [5, 5.41) is 4.71. The standard InChI is InChI=1S/C31H36ClN3O8/c1-19(36)42-18-31(2,3)17-34-23-11-10-20(32)16-22(23)27(21-8-7-9-25(39-4)28(21)40-5)43-26(29(34)37)13-15-35-24(12-14-33-35)30(38)41-6/h7-12,14,16,26-27H,13,15,17-18H2,1-6H3/t26-,27-/m1/s1. The van der Waals surface area contributed by atoms with Gasteiger partial charge in [0.05, 0.1) is 27.9 Å². The predicted molar refractivity (Wildman–Crippen MR) is 159 cm³/mol. The van der Waals surface area contributed by atoms with Crippen molar-refractivity contribution in [3.8, 4) is 11.5 Å². The van der Waals surface area contributed by atoms with E-state index in [1.807, 2.05) is 26.0 Å². The van der Waals surface area contributed by atoms with Crippen molar-refractivity contribution in [2.24, 2.45) is 5.41 Å². The number of fused-ring (bicyclic) bond motifs is 1. The molecule has 43 heavy (non-hydrogen) atoms. The van der Waals surface area contributed by atoms with E-state index in [0.717, 1.165) is 0 Å². The molecule has 1 aliphatic heterocycles. The van der Waals surface area contributed by atoms with E-state index < -0.39 is 29.6 Å². The Balaban J connectivity index is 1.83. The smallest absolute Gasteiger partial charge is 0.356 e. The minimum atomic E-state index is -0.980. The van der Waals surface area contributed by atoms with Gasteiger partial charge in [0.15, 0.2) is 11.5 Å². The van der Waals surface area contributed by atoms with E-state index in [2.05, 4.69) is 5.10 Å². The predicted octanol–water partition coefficient (Wildman–Crippen LogP) is 4.84. The molecule has 0 aliphatic carbocycles. The summed E-state index contributed by atoms with van der Waals surface area (Å²) >= 11 is 6.51. The van der Waals surface area contributed by atoms with Gasteiger partial charge >= 0.3 is 11.9 Å². The number of para-hydroxylation sites is 1. The number of hydrogen-bond donors (Lipinski definition) is 0. The van der Waals surface area contributed by atoms with Crippen LogP contribution in [0.4, 0.5) is 5.69 Å². The first-order chi connectivity index (χ1) is 20.5. The molecule has 2 heterocycles. The highest BCUT2D eigenvalue weighted by molar-refractivity contribution is 6.30. The van der Waals surface area contributed by atoms with E-state index in [-0.39, 0.29) is 37.7 Å². The van der Waals surface area contributed by atoms with Crippen molar-refractivity contribution in [1.29, 1.82) is 0 Å². The second kappa shape index (κ2) is 13.5. The van der Waals surface area contributed by atoms with Gasteiger partial charge in [0, 0.05) is 59.9 Å². The number of hydrogen-bond acceptors (Lipinski definition) is 9. The van der Waals surface area contributed by atoms with Crippen LogP contribution in [0.2, 0.25) is 5.02 Å². The highest BCUT2D eigenvalue weighted by atomic mass is 35.5. The molecule has 1 amide bonds. The van der Waals surface area contributed by atoms with Crippen molar-refractivity contribution in [2.75, 3.05) is 39.4 Å². The van der Waals surface area contributed by atoms with E-state index in [9.17, 15) is 14.4 Å². The van der Waals surface area contributed by atoms with E-state index in [0.29, 0.717) is 33.3 Å². The first kappa shape index (κ1) is 31.8. The van der Waals surface area contributed by atoms with Crippen LogP contribution in [0.5, 0.6) is 11.5 Å². The van der Waals surface area contributed by atoms with Crippen molar-refractivity contribution in [1.82, 2.24) is 9.78 Å². The molecule has 1 aliphatic rings. The second-order valence-corrected chi connectivity index (χ2v) is 11.3. The first-order valence-corrected chi connectivity index (χ1v) is 14.1. The molecule has 0 fully saturated rings. The Morgan fingerprint density at radius 2 is 1.84 bits per heavy atom. The molecule has 0 unspecified atom stereocenters. The van der Waals surface area contributed by atoms with Gasteiger partial charge in [-0.25, -0.2) is 4.79 Å². The first-order valence-electron chi connectivity index (χ1n) is 13.7. The zero-order valence-electron chi connectivity index (χ0n) is 25.1. The molecule has 12 heteroatoms. The number of rotatable bonds is 11. The Morgan fingerprint density at radius 3 is 2.51 bits per heavy atom. The summed E-state index contributed by atoms with van der Waals surface area (Å²) in [7, 11) is 4.37. The molecule has 0 bridgehead atoms. The molecule has 0 spiro atoms. The lowest BCUT2D eigenvalue weighted by Gasteiger charge is -2.33. The van der Waals surface area contributed by atoms with Crippen LogP contribution >= 0.6 is 11.6 Å². The molecule has 3 aromatic rings. The highest BCUT2D eigenvalue weighted by Crippen LogP contribution is 2.45. The summed E-state index contributed by atoms with van der Waals surface area (Å²) in [6, 6.07) is 12.3. The molecule has 2 atom stereocenters. The van der Waals surface area contributed by atoms with Crippen LogP contribution in [0.3, 0.4) is 0 Å². The SMILES string of the molecule is COC(=O)c1ccnn1CC[C@H]1O[C@H](c2cccc(OC)c2OC)c2cc(Cl)ccc2N(CC(C)(C)COC(C)=O)C1=O. The maximum Gasteiger partial charge on any atom is 0.356 e. The van der Waals surface area contributed by atoms with Crippen molar-refractivity contribution < 1.29 is 38.1 Å². The van der Waals surface area contributed by atoms with Crippen molar-refractivity contribution in [2.45, 2.75) is 45.9 Å². The van der Waals surface area contributed by atoms with Gasteiger partial charge in [0.1, 0.15) is 17.9 Å². The van der Waals surface area contributed by atoms with Crippen LogP contribution in [-0.2, 0) is 30.3 Å². The van der Waals surface area contributed by atoms with E-state index >= 15 is 0 Å². The van der Waals surface area contributed by atoms with Crippen LogP contribution in [-0.4, -0.2) is 68.2 Å². The van der Waals surface area contributed by atoms with Crippen LogP contribution < -0.4 is 14.4 Å². The molecule has 4 rings (SSSR count). The largest absolute Gasteiger partial charge is 0.493 e. The third kappa shape index (κ3) is 7.11. The zero-order valence-corrected chi connectivity index (χ0v) is 25.8. The number of methoxy groups -OCH3 is 3. The fourth-order valence-corrected chi connectivity index (χ4v) is 5.26. The molecule has 0 N–H and O–H groups in total. The van der Waals surface area contributed by atoms with Gasteiger partial charge in [-0.05, 0) is 30.3 Å². The van der Waals surface area contributed by atoms with Crippen molar-refractivity contribution in [3.63, 3.8) is 0 Å². The van der Waals surface area contributed by atoms with Crippen molar-refractivity contribution >= 4 is 35.1 Å².